The van der Waals surface area contributed by atoms with Crippen molar-refractivity contribution in [2.24, 2.45) is 12.1 Å². The van der Waals surface area contributed by atoms with Crippen LogP contribution in [0.25, 0.3) is 11.3 Å². The average Bonchev–Trinajstić information content (AvgIpc) is 3.10. The molecule has 0 bridgehead atoms. The van der Waals surface area contributed by atoms with Gasteiger partial charge in [0.15, 0.2) is 5.82 Å². The van der Waals surface area contributed by atoms with Crippen LogP contribution >= 0.6 is 11.3 Å². The largest absolute Gasteiger partial charge is 0.333 e. The van der Waals surface area contributed by atoms with Gasteiger partial charge in [0.1, 0.15) is 5.82 Å². The van der Waals surface area contributed by atoms with Gasteiger partial charge in [-0.05, 0) is 24.3 Å². The molecule has 0 spiro atoms. The third-order valence-electron chi connectivity index (χ3n) is 2.84. The van der Waals surface area contributed by atoms with Crippen LogP contribution in [-0.4, -0.2) is 20.7 Å². The Morgan fingerprint density at radius 1 is 1.33 bits per heavy atom. The number of aryl methyl sites for hydroxylation is 1. The molecule has 7 heteroatoms. The maximum absolute atomic E-state index is 12.9. The summed E-state index contributed by atoms with van der Waals surface area (Å²) in [5, 5.41) is 6.66. The van der Waals surface area contributed by atoms with E-state index in [-0.39, 0.29) is 5.82 Å². The summed E-state index contributed by atoms with van der Waals surface area (Å²) in [4.78, 5) is 8.52. The van der Waals surface area contributed by atoms with E-state index in [1.807, 2.05) is 23.2 Å². The van der Waals surface area contributed by atoms with Crippen molar-refractivity contribution in [1.82, 2.24) is 14.5 Å². The third kappa shape index (κ3) is 3.14. The molecule has 21 heavy (non-hydrogen) atoms. The molecule has 0 amide bonds. The van der Waals surface area contributed by atoms with Crippen LogP contribution < -0.4 is 5.43 Å². The van der Waals surface area contributed by atoms with Crippen LogP contribution in [0.5, 0.6) is 0 Å². The molecule has 2 heterocycles. The SMILES string of the molecule is Cn1ccnc1C=NNc1nc(-c2ccc(F)cc2)cs1. The molecule has 0 saturated carbocycles. The van der Waals surface area contributed by atoms with Gasteiger partial charge in [0, 0.05) is 30.4 Å². The summed E-state index contributed by atoms with van der Waals surface area (Å²) in [6, 6.07) is 6.23. The molecule has 3 aromatic rings. The maximum Gasteiger partial charge on any atom is 0.203 e. The predicted molar refractivity (Wildman–Crippen MR) is 81.9 cm³/mol. The topological polar surface area (TPSA) is 55.1 Å². The Kier molecular flexibility index (Phi) is 3.74. The van der Waals surface area contributed by atoms with Gasteiger partial charge in [-0.25, -0.2) is 14.4 Å². The molecule has 0 atom stereocenters. The van der Waals surface area contributed by atoms with E-state index in [9.17, 15) is 4.39 Å². The molecule has 0 fully saturated rings. The van der Waals surface area contributed by atoms with Crippen LogP contribution in [-0.2, 0) is 7.05 Å². The van der Waals surface area contributed by atoms with Crippen molar-refractivity contribution in [3.8, 4) is 11.3 Å². The molecule has 2 aromatic heterocycles. The predicted octanol–water partition coefficient (Wildman–Crippen LogP) is 3.13. The van der Waals surface area contributed by atoms with Gasteiger partial charge in [-0.1, -0.05) is 0 Å². The molecule has 1 aromatic carbocycles. The van der Waals surface area contributed by atoms with Gasteiger partial charge >= 0.3 is 0 Å². The number of rotatable bonds is 4. The minimum Gasteiger partial charge on any atom is -0.333 e. The van der Waals surface area contributed by atoms with E-state index in [1.54, 1.807) is 24.5 Å². The Balaban J connectivity index is 1.69. The van der Waals surface area contributed by atoms with Crippen LogP contribution in [0, 0.1) is 5.82 Å². The van der Waals surface area contributed by atoms with E-state index in [0.29, 0.717) is 5.13 Å². The molecule has 106 valence electrons. The van der Waals surface area contributed by atoms with E-state index in [4.69, 9.17) is 0 Å². The van der Waals surface area contributed by atoms with Crippen molar-refractivity contribution in [1.29, 1.82) is 0 Å². The molecule has 5 nitrogen and oxygen atoms in total. The van der Waals surface area contributed by atoms with Crippen LogP contribution in [0.15, 0.2) is 47.1 Å². The summed E-state index contributed by atoms with van der Waals surface area (Å²) in [5.74, 6) is 0.491. The van der Waals surface area contributed by atoms with Crippen molar-refractivity contribution >= 4 is 22.7 Å². The first-order valence-electron chi connectivity index (χ1n) is 6.20. The van der Waals surface area contributed by atoms with Crippen LogP contribution in [0.2, 0.25) is 0 Å². The lowest BCUT2D eigenvalue weighted by molar-refractivity contribution is 0.628. The number of imidazole rings is 1. The van der Waals surface area contributed by atoms with Crippen molar-refractivity contribution in [3.63, 3.8) is 0 Å². The van der Waals surface area contributed by atoms with Gasteiger partial charge in [0.05, 0.1) is 11.9 Å². The molecule has 0 saturated heterocycles. The Labute approximate surface area is 124 Å². The Hall–Kier alpha value is -2.54. The smallest absolute Gasteiger partial charge is 0.203 e. The van der Waals surface area contributed by atoms with Gasteiger partial charge in [-0.15, -0.1) is 11.3 Å². The number of nitrogens with zero attached hydrogens (tertiary/aromatic N) is 4. The zero-order chi connectivity index (χ0) is 14.7. The molecule has 3 rings (SSSR count). The summed E-state index contributed by atoms with van der Waals surface area (Å²) >= 11 is 1.43. The lowest BCUT2D eigenvalue weighted by Crippen LogP contribution is -1.97. The number of hydrazone groups is 1. The monoisotopic (exact) mass is 301 g/mol. The van der Waals surface area contributed by atoms with Crippen molar-refractivity contribution in [3.05, 3.63) is 53.7 Å². The average molecular weight is 301 g/mol. The number of hydrogen-bond acceptors (Lipinski definition) is 5. The van der Waals surface area contributed by atoms with Crippen LogP contribution in [0.4, 0.5) is 9.52 Å². The number of hydrogen-bond donors (Lipinski definition) is 1. The van der Waals surface area contributed by atoms with Crippen LogP contribution in [0.3, 0.4) is 0 Å². The molecular weight excluding hydrogens is 289 g/mol. The second-order valence-corrected chi connectivity index (χ2v) is 5.17. The first kappa shape index (κ1) is 13.4. The number of anilines is 1. The Morgan fingerprint density at radius 2 is 2.14 bits per heavy atom. The highest BCUT2D eigenvalue weighted by Crippen LogP contribution is 2.24. The third-order valence-corrected chi connectivity index (χ3v) is 3.59. The zero-order valence-corrected chi connectivity index (χ0v) is 12.0. The van der Waals surface area contributed by atoms with Gasteiger partial charge in [-0.2, -0.15) is 5.10 Å². The van der Waals surface area contributed by atoms with E-state index < -0.39 is 0 Å². The standard InChI is InChI=1S/C14H12FN5S/c1-20-7-6-16-13(20)8-17-19-14-18-12(9-21-14)10-2-4-11(15)5-3-10/h2-9H,1H3,(H,18,19). The number of benzene rings is 1. The quantitative estimate of drug-likeness (QED) is 0.595. The fourth-order valence-electron chi connectivity index (χ4n) is 1.73. The number of aromatic nitrogens is 3. The van der Waals surface area contributed by atoms with Crippen molar-refractivity contribution < 1.29 is 4.39 Å². The first-order valence-corrected chi connectivity index (χ1v) is 7.08. The summed E-state index contributed by atoms with van der Waals surface area (Å²) < 4.78 is 14.7. The lowest BCUT2D eigenvalue weighted by Gasteiger charge is -1.96. The summed E-state index contributed by atoms with van der Waals surface area (Å²) in [6.07, 6.45) is 5.17. The molecule has 0 aliphatic heterocycles. The van der Waals surface area contributed by atoms with Crippen molar-refractivity contribution in [2.45, 2.75) is 0 Å². The van der Waals surface area contributed by atoms with Crippen molar-refractivity contribution in [2.75, 3.05) is 5.43 Å². The number of halogens is 1. The molecule has 0 unspecified atom stereocenters. The maximum atomic E-state index is 12.9. The number of thiazole rings is 1. The fraction of sp³-hybridized carbons (Fsp3) is 0.0714. The molecule has 0 aliphatic rings. The summed E-state index contributed by atoms with van der Waals surface area (Å²) in [5.41, 5.74) is 4.52. The van der Waals surface area contributed by atoms with E-state index in [0.717, 1.165) is 17.1 Å². The Bertz CT molecular complexity index is 760. The molecule has 0 radical (unpaired) electrons. The van der Waals surface area contributed by atoms with E-state index in [1.165, 1.54) is 23.5 Å². The minimum absolute atomic E-state index is 0.257. The van der Waals surface area contributed by atoms with E-state index in [2.05, 4.69) is 20.5 Å². The molecule has 0 aliphatic carbocycles. The van der Waals surface area contributed by atoms with E-state index >= 15 is 0 Å². The van der Waals surface area contributed by atoms with Gasteiger partial charge < -0.3 is 4.57 Å². The zero-order valence-electron chi connectivity index (χ0n) is 11.2. The van der Waals surface area contributed by atoms with Gasteiger partial charge in [-0.3, -0.25) is 5.43 Å². The molecular formula is C14H12FN5S. The van der Waals surface area contributed by atoms with Crippen LogP contribution in [0.1, 0.15) is 5.82 Å². The summed E-state index contributed by atoms with van der Waals surface area (Å²) in [7, 11) is 1.89. The van der Waals surface area contributed by atoms with Gasteiger partial charge in [0.2, 0.25) is 5.13 Å². The lowest BCUT2D eigenvalue weighted by atomic mass is 10.2. The fourth-order valence-corrected chi connectivity index (χ4v) is 2.39. The second-order valence-electron chi connectivity index (χ2n) is 4.31. The highest BCUT2D eigenvalue weighted by Gasteiger charge is 2.04. The van der Waals surface area contributed by atoms with Gasteiger partial charge in [0.25, 0.3) is 0 Å². The summed E-state index contributed by atoms with van der Waals surface area (Å²) in [6.45, 7) is 0. The Morgan fingerprint density at radius 3 is 2.86 bits per heavy atom. The molecule has 1 N–H and O–H groups in total. The normalized spacial score (nSPS) is 11.1. The second kappa shape index (κ2) is 5.84. The highest BCUT2D eigenvalue weighted by atomic mass is 32.1. The highest BCUT2D eigenvalue weighted by molar-refractivity contribution is 7.14. The first-order chi connectivity index (χ1) is 10.2. The minimum atomic E-state index is -0.257. The number of nitrogens with one attached hydrogen (secondary N) is 1.